The van der Waals surface area contributed by atoms with E-state index in [-0.39, 0.29) is 5.92 Å². The van der Waals surface area contributed by atoms with E-state index in [0.717, 1.165) is 31.4 Å². The number of hydrogen-bond donors (Lipinski definition) is 0. The van der Waals surface area contributed by atoms with Gasteiger partial charge in [-0.3, -0.25) is 0 Å². The fourth-order valence-electron chi connectivity index (χ4n) is 4.53. The van der Waals surface area contributed by atoms with Crippen LogP contribution < -0.4 is 15.6 Å². The van der Waals surface area contributed by atoms with E-state index in [1.807, 2.05) is 18.2 Å². The summed E-state index contributed by atoms with van der Waals surface area (Å²) < 4.78 is 6.72. The molecular formula is C27H28N2OSi. The molecule has 0 atom stereocenters. The first-order valence-electron chi connectivity index (χ1n) is 11.0. The van der Waals surface area contributed by atoms with Gasteiger partial charge in [0.25, 0.3) is 0 Å². The van der Waals surface area contributed by atoms with Crippen LogP contribution in [0.25, 0.3) is 0 Å². The Morgan fingerprint density at radius 1 is 0.774 bits per heavy atom. The van der Waals surface area contributed by atoms with Crippen LogP contribution in [0.4, 0.5) is 0 Å². The molecule has 4 rings (SSSR count). The van der Waals surface area contributed by atoms with Crippen LogP contribution in [0.1, 0.15) is 32.6 Å². The van der Waals surface area contributed by atoms with Crippen molar-refractivity contribution in [1.82, 2.24) is 0 Å². The summed E-state index contributed by atoms with van der Waals surface area (Å²) in [4.78, 5) is 0. The summed E-state index contributed by atoms with van der Waals surface area (Å²) in [5.41, 5.74) is 1.04. The molecule has 0 spiro atoms. The highest BCUT2D eigenvalue weighted by Crippen LogP contribution is 2.29. The molecule has 1 aliphatic carbocycles. The van der Waals surface area contributed by atoms with Crippen LogP contribution in [0.15, 0.2) is 96.2 Å². The SMILES string of the molecule is C/C(=N\O[Si](c1ccccc1)(c1ccccc1)c1ccccc1)C1CCC(C#N)CC1. The molecule has 31 heavy (non-hydrogen) atoms. The lowest BCUT2D eigenvalue weighted by Gasteiger charge is -2.31. The third kappa shape index (κ3) is 4.47. The molecule has 1 saturated carbocycles. The van der Waals surface area contributed by atoms with Gasteiger partial charge in [0.05, 0.1) is 11.8 Å². The van der Waals surface area contributed by atoms with Gasteiger partial charge in [-0.1, -0.05) is 91.0 Å². The Morgan fingerprint density at radius 2 is 1.19 bits per heavy atom. The van der Waals surface area contributed by atoms with Crippen LogP contribution in [-0.2, 0) is 4.53 Å². The molecule has 0 amide bonds. The molecule has 3 aromatic rings. The van der Waals surface area contributed by atoms with E-state index in [9.17, 15) is 5.26 Å². The van der Waals surface area contributed by atoms with Gasteiger partial charge >= 0.3 is 8.32 Å². The van der Waals surface area contributed by atoms with E-state index in [1.165, 1.54) is 15.6 Å². The number of oxime groups is 1. The Bertz CT molecular complexity index is 940. The molecule has 0 N–H and O–H groups in total. The molecule has 0 unspecified atom stereocenters. The van der Waals surface area contributed by atoms with E-state index >= 15 is 0 Å². The molecule has 1 aliphatic rings. The van der Waals surface area contributed by atoms with Gasteiger partial charge < -0.3 is 4.53 Å². The molecule has 0 saturated heterocycles. The minimum atomic E-state index is -2.81. The molecule has 1 fully saturated rings. The Labute approximate surface area is 186 Å². The lowest BCUT2D eigenvalue weighted by Crippen LogP contribution is -2.68. The standard InChI is InChI=1S/C27H28N2OSi/c1-22(24-19-17-23(21-28)18-20-24)29-30-31(25-11-5-2-6-12-25,26-13-7-3-8-14-26)27-15-9-4-10-16-27/h2-16,23-24H,17-20H2,1H3/b29-22+. The normalized spacial score (nSPS) is 19.4. The average molecular weight is 425 g/mol. The summed E-state index contributed by atoms with van der Waals surface area (Å²) in [6.07, 6.45) is 3.92. The Balaban J connectivity index is 1.77. The maximum Gasteiger partial charge on any atom is 0.380 e. The van der Waals surface area contributed by atoms with Crippen molar-refractivity contribution in [3.63, 3.8) is 0 Å². The fraction of sp³-hybridized carbons (Fsp3) is 0.259. The molecule has 4 heteroatoms. The number of benzene rings is 3. The molecule has 0 radical (unpaired) electrons. The van der Waals surface area contributed by atoms with Gasteiger partial charge in [-0.15, -0.1) is 5.16 Å². The number of hydrogen-bond acceptors (Lipinski definition) is 3. The Kier molecular flexibility index (Phi) is 6.64. The van der Waals surface area contributed by atoms with Crippen LogP contribution >= 0.6 is 0 Å². The maximum atomic E-state index is 9.20. The van der Waals surface area contributed by atoms with E-state index in [0.29, 0.717) is 5.92 Å². The van der Waals surface area contributed by atoms with Crippen LogP contribution in [0, 0.1) is 23.2 Å². The first kappa shape index (κ1) is 21.1. The molecule has 0 heterocycles. The van der Waals surface area contributed by atoms with Crippen molar-refractivity contribution in [3.05, 3.63) is 91.0 Å². The van der Waals surface area contributed by atoms with Gasteiger partial charge in [0.1, 0.15) is 0 Å². The molecular weight excluding hydrogens is 396 g/mol. The van der Waals surface area contributed by atoms with Gasteiger partial charge in [0, 0.05) is 11.8 Å². The zero-order valence-electron chi connectivity index (χ0n) is 17.9. The van der Waals surface area contributed by atoms with Crippen molar-refractivity contribution in [2.75, 3.05) is 0 Å². The Hall–Kier alpha value is -3.16. The zero-order valence-corrected chi connectivity index (χ0v) is 18.9. The van der Waals surface area contributed by atoms with E-state index in [4.69, 9.17) is 9.68 Å². The van der Waals surface area contributed by atoms with Crippen molar-refractivity contribution in [2.24, 2.45) is 17.0 Å². The first-order valence-corrected chi connectivity index (χ1v) is 12.9. The first-order chi connectivity index (χ1) is 15.2. The average Bonchev–Trinajstić information content (AvgIpc) is 2.86. The second-order valence-corrected chi connectivity index (χ2v) is 11.6. The monoisotopic (exact) mass is 424 g/mol. The maximum absolute atomic E-state index is 9.20. The molecule has 3 nitrogen and oxygen atoms in total. The lowest BCUT2D eigenvalue weighted by molar-refractivity contribution is 0.329. The van der Waals surface area contributed by atoms with Crippen LogP contribution in [0.3, 0.4) is 0 Å². The Morgan fingerprint density at radius 3 is 1.58 bits per heavy atom. The highest BCUT2D eigenvalue weighted by atomic mass is 28.4. The van der Waals surface area contributed by atoms with Crippen LogP contribution in [0.2, 0.25) is 0 Å². The summed E-state index contributed by atoms with van der Waals surface area (Å²) >= 11 is 0. The fourth-order valence-corrected chi connectivity index (χ4v) is 8.11. The van der Waals surface area contributed by atoms with Crippen molar-refractivity contribution < 1.29 is 4.53 Å². The zero-order chi connectivity index (χ0) is 21.5. The van der Waals surface area contributed by atoms with E-state index < -0.39 is 8.32 Å². The number of nitriles is 1. The molecule has 0 aromatic heterocycles. The third-order valence-corrected chi connectivity index (χ3v) is 10.2. The van der Waals surface area contributed by atoms with Crippen molar-refractivity contribution in [3.8, 4) is 6.07 Å². The largest absolute Gasteiger partial charge is 0.438 e. The smallest absolute Gasteiger partial charge is 0.380 e. The predicted octanol–water partition coefficient (Wildman–Crippen LogP) is 4.38. The highest BCUT2D eigenvalue weighted by Gasteiger charge is 2.45. The van der Waals surface area contributed by atoms with Gasteiger partial charge in [0.15, 0.2) is 0 Å². The summed E-state index contributed by atoms with van der Waals surface area (Å²) in [5.74, 6) is 0.579. The number of nitrogens with zero attached hydrogens (tertiary/aromatic N) is 2. The minimum Gasteiger partial charge on any atom is -0.438 e. The van der Waals surface area contributed by atoms with Crippen molar-refractivity contribution in [1.29, 1.82) is 5.26 Å². The van der Waals surface area contributed by atoms with Crippen molar-refractivity contribution >= 4 is 29.6 Å². The van der Waals surface area contributed by atoms with Gasteiger partial charge in [-0.2, -0.15) is 5.26 Å². The second kappa shape index (κ2) is 9.76. The van der Waals surface area contributed by atoms with E-state index in [2.05, 4.69) is 85.8 Å². The summed E-state index contributed by atoms with van der Waals surface area (Å²) in [6, 6.07) is 34.0. The van der Waals surface area contributed by atoms with Gasteiger partial charge in [-0.05, 0) is 48.2 Å². The topological polar surface area (TPSA) is 45.4 Å². The molecule has 156 valence electrons. The van der Waals surface area contributed by atoms with Crippen LogP contribution in [-0.4, -0.2) is 14.0 Å². The molecule has 3 aromatic carbocycles. The predicted molar refractivity (Wildman–Crippen MR) is 129 cm³/mol. The van der Waals surface area contributed by atoms with Gasteiger partial charge in [0.2, 0.25) is 0 Å². The summed E-state index contributed by atoms with van der Waals surface area (Å²) in [6.45, 7) is 2.08. The van der Waals surface area contributed by atoms with Gasteiger partial charge in [-0.25, -0.2) is 0 Å². The highest BCUT2D eigenvalue weighted by molar-refractivity contribution is 7.07. The quantitative estimate of drug-likeness (QED) is 0.255. The third-order valence-electron chi connectivity index (χ3n) is 6.37. The van der Waals surface area contributed by atoms with Crippen molar-refractivity contribution in [2.45, 2.75) is 32.6 Å². The number of rotatable bonds is 6. The molecule has 0 bridgehead atoms. The minimum absolute atomic E-state index is 0.191. The summed E-state index contributed by atoms with van der Waals surface area (Å²) in [5, 5.41) is 17.5. The second-order valence-electron chi connectivity index (χ2n) is 8.28. The van der Waals surface area contributed by atoms with E-state index in [1.54, 1.807) is 0 Å². The molecule has 0 aliphatic heterocycles. The summed E-state index contributed by atoms with van der Waals surface area (Å²) in [7, 11) is -2.81. The van der Waals surface area contributed by atoms with Crippen LogP contribution in [0.5, 0.6) is 0 Å². The lowest BCUT2D eigenvalue weighted by atomic mass is 9.81.